The summed E-state index contributed by atoms with van der Waals surface area (Å²) in [5.74, 6) is -0.830. The monoisotopic (exact) mass is 1080 g/mol. The fourth-order valence-electron chi connectivity index (χ4n) is 7.63. The second-order valence-corrected chi connectivity index (χ2v) is 22.1. The molecule has 76 heavy (non-hydrogen) atoms. The van der Waals surface area contributed by atoms with E-state index in [-0.39, 0.29) is 32.0 Å². The average Bonchev–Trinajstić information content (AvgIpc) is 3.38. The topological polar surface area (TPSA) is 108 Å². The van der Waals surface area contributed by atoms with Crippen LogP contribution in [0.3, 0.4) is 0 Å². The number of rotatable bonds is 53. The Kier molecular flexibility index (Phi) is 53.1. The first kappa shape index (κ1) is 72.2. The maximum absolute atomic E-state index is 12.8. The third-order valence-corrected chi connectivity index (χ3v) is 13.2. The number of nitrogens with zero attached hydrogens (tertiary/aromatic N) is 1. The number of ether oxygens (including phenoxy) is 2. The molecule has 0 aromatic heterocycles. The van der Waals surface area contributed by atoms with Gasteiger partial charge in [0, 0.05) is 12.8 Å². The number of allylic oxidation sites excluding steroid dienone is 22. The molecule has 0 rings (SSSR count). The van der Waals surface area contributed by atoms with Crippen molar-refractivity contribution in [3.05, 3.63) is 134 Å². The summed E-state index contributed by atoms with van der Waals surface area (Å²) >= 11 is 0. The molecular formula is C66H111NO8P+. The molecule has 0 aliphatic heterocycles. The summed E-state index contributed by atoms with van der Waals surface area (Å²) in [7, 11) is 1.44. The second kappa shape index (κ2) is 55.9. The highest BCUT2D eigenvalue weighted by Gasteiger charge is 2.27. The Morgan fingerprint density at radius 1 is 0.408 bits per heavy atom. The van der Waals surface area contributed by atoms with Gasteiger partial charge in [-0.25, -0.2) is 4.57 Å². The maximum Gasteiger partial charge on any atom is 0.472 e. The van der Waals surface area contributed by atoms with Crippen LogP contribution >= 0.6 is 7.82 Å². The van der Waals surface area contributed by atoms with E-state index in [0.29, 0.717) is 17.4 Å². The molecule has 432 valence electrons. The van der Waals surface area contributed by atoms with Gasteiger partial charge in [-0.2, -0.15) is 0 Å². The largest absolute Gasteiger partial charge is 0.472 e. The number of carbonyl (C=O) groups excluding carboxylic acids is 2. The van der Waals surface area contributed by atoms with Gasteiger partial charge in [-0.05, 0) is 109 Å². The lowest BCUT2D eigenvalue weighted by Crippen LogP contribution is -2.37. The van der Waals surface area contributed by atoms with E-state index in [1.165, 1.54) is 64.2 Å². The van der Waals surface area contributed by atoms with Crippen LogP contribution in [0.5, 0.6) is 0 Å². The lowest BCUT2D eigenvalue weighted by Gasteiger charge is -2.24. The summed E-state index contributed by atoms with van der Waals surface area (Å²) in [6, 6.07) is 0. The van der Waals surface area contributed by atoms with Gasteiger partial charge in [0.1, 0.15) is 19.8 Å². The minimum Gasteiger partial charge on any atom is -0.462 e. The molecule has 0 bridgehead atoms. The highest BCUT2D eigenvalue weighted by atomic mass is 31.2. The van der Waals surface area contributed by atoms with Crippen LogP contribution in [0.4, 0.5) is 0 Å². The van der Waals surface area contributed by atoms with Crippen molar-refractivity contribution in [3.63, 3.8) is 0 Å². The van der Waals surface area contributed by atoms with Gasteiger partial charge < -0.3 is 18.9 Å². The van der Waals surface area contributed by atoms with E-state index in [1.54, 1.807) is 0 Å². The summed E-state index contributed by atoms with van der Waals surface area (Å²) in [6.45, 7) is 4.17. The van der Waals surface area contributed by atoms with Crippen molar-refractivity contribution in [1.82, 2.24) is 0 Å². The van der Waals surface area contributed by atoms with E-state index in [2.05, 4.69) is 148 Å². The lowest BCUT2D eigenvalue weighted by molar-refractivity contribution is -0.870. The number of quaternary nitrogens is 1. The average molecular weight is 1080 g/mol. The third-order valence-electron chi connectivity index (χ3n) is 12.2. The molecule has 9 nitrogen and oxygen atoms in total. The first-order chi connectivity index (χ1) is 37.0. The van der Waals surface area contributed by atoms with Crippen molar-refractivity contribution >= 4 is 19.8 Å². The van der Waals surface area contributed by atoms with Gasteiger partial charge in [-0.3, -0.25) is 18.6 Å². The van der Waals surface area contributed by atoms with Gasteiger partial charge in [0.25, 0.3) is 0 Å². The van der Waals surface area contributed by atoms with Gasteiger partial charge in [0.2, 0.25) is 0 Å². The van der Waals surface area contributed by atoms with Crippen molar-refractivity contribution in [2.24, 2.45) is 0 Å². The number of hydrogen-bond donors (Lipinski definition) is 1. The van der Waals surface area contributed by atoms with Crippen molar-refractivity contribution in [3.8, 4) is 0 Å². The van der Waals surface area contributed by atoms with Crippen LogP contribution in [-0.4, -0.2) is 74.9 Å². The van der Waals surface area contributed by atoms with Crippen molar-refractivity contribution in [2.45, 2.75) is 225 Å². The maximum atomic E-state index is 12.8. The SMILES string of the molecule is CC/C=C\C/C=C\C/C=C\C/C=C\C/C=C\C/C=C\C/C=C\CCCCCCCC(=O)OC(COC(=O)CCCCCCCCCCCCCC/C=C\C/C=C\C/C=C\C/C=C\CC)COP(=O)(O)OCC[N+](C)(C)C. The zero-order valence-corrected chi connectivity index (χ0v) is 49.8. The molecule has 1 N–H and O–H groups in total. The Balaban J connectivity index is 4.24. The van der Waals surface area contributed by atoms with Crippen molar-refractivity contribution < 1.29 is 42.1 Å². The molecule has 2 unspecified atom stereocenters. The van der Waals surface area contributed by atoms with Gasteiger partial charge >= 0.3 is 19.8 Å². The van der Waals surface area contributed by atoms with Crippen molar-refractivity contribution in [2.75, 3.05) is 47.5 Å². The zero-order chi connectivity index (χ0) is 55.6. The molecule has 10 heteroatoms. The zero-order valence-electron chi connectivity index (χ0n) is 48.9. The summed E-state index contributed by atoms with van der Waals surface area (Å²) in [5.41, 5.74) is 0. The summed E-state index contributed by atoms with van der Waals surface area (Å²) < 4.78 is 34.6. The van der Waals surface area contributed by atoms with E-state index in [0.717, 1.165) is 122 Å². The van der Waals surface area contributed by atoms with Crippen LogP contribution in [-0.2, 0) is 32.7 Å². The third kappa shape index (κ3) is 59.4. The van der Waals surface area contributed by atoms with Crippen LogP contribution in [0.15, 0.2) is 134 Å². The molecule has 0 heterocycles. The first-order valence-corrected chi connectivity index (χ1v) is 31.4. The number of esters is 2. The number of unbranched alkanes of at least 4 members (excludes halogenated alkanes) is 17. The van der Waals surface area contributed by atoms with Crippen LogP contribution < -0.4 is 0 Å². The van der Waals surface area contributed by atoms with Gasteiger partial charge in [-0.1, -0.05) is 231 Å². The molecule has 0 saturated carbocycles. The lowest BCUT2D eigenvalue weighted by atomic mass is 10.0. The van der Waals surface area contributed by atoms with Crippen LogP contribution in [0.2, 0.25) is 0 Å². The molecule has 0 aromatic rings. The summed E-state index contributed by atoms with van der Waals surface area (Å²) in [5, 5.41) is 0. The minimum absolute atomic E-state index is 0.0198. The number of carbonyl (C=O) groups is 2. The molecule has 2 atom stereocenters. The Hall–Kier alpha value is -3.85. The van der Waals surface area contributed by atoms with Crippen LogP contribution in [0.25, 0.3) is 0 Å². The van der Waals surface area contributed by atoms with Crippen molar-refractivity contribution in [1.29, 1.82) is 0 Å². The molecule has 0 aromatic carbocycles. The van der Waals surface area contributed by atoms with Gasteiger partial charge in [-0.15, -0.1) is 0 Å². The fraction of sp³-hybridized carbons (Fsp3) is 0.636. The molecule has 0 radical (unpaired) electrons. The Morgan fingerprint density at radius 3 is 1.05 bits per heavy atom. The molecule has 0 aliphatic carbocycles. The Bertz CT molecular complexity index is 1740. The Morgan fingerprint density at radius 2 is 0.711 bits per heavy atom. The van der Waals surface area contributed by atoms with Gasteiger partial charge in [0.15, 0.2) is 6.10 Å². The smallest absolute Gasteiger partial charge is 0.462 e. The van der Waals surface area contributed by atoms with E-state index in [9.17, 15) is 19.0 Å². The number of phosphoric acid groups is 1. The first-order valence-electron chi connectivity index (χ1n) is 29.9. The van der Waals surface area contributed by atoms with E-state index >= 15 is 0 Å². The molecule has 0 amide bonds. The molecule has 0 saturated heterocycles. The number of hydrogen-bond acceptors (Lipinski definition) is 7. The normalized spacial score (nSPS) is 14.2. The number of phosphoric ester groups is 1. The predicted molar refractivity (Wildman–Crippen MR) is 325 cm³/mol. The number of likely N-dealkylation sites (N-methyl/N-ethyl adjacent to an activating group) is 1. The second-order valence-electron chi connectivity index (χ2n) is 20.6. The van der Waals surface area contributed by atoms with E-state index in [1.807, 2.05) is 21.1 Å². The fourth-order valence-corrected chi connectivity index (χ4v) is 8.37. The van der Waals surface area contributed by atoms with Crippen LogP contribution in [0.1, 0.15) is 219 Å². The molecule has 0 fully saturated rings. The summed E-state index contributed by atoms with van der Waals surface area (Å²) in [4.78, 5) is 35.7. The molecule has 0 spiro atoms. The van der Waals surface area contributed by atoms with E-state index in [4.69, 9.17) is 18.5 Å². The highest BCUT2D eigenvalue weighted by molar-refractivity contribution is 7.47. The standard InChI is InChI=1S/C66H110NO8P/c1-6-8-10-12-14-16-18-20-22-24-26-28-30-32-33-35-37-39-41-43-45-47-49-51-53-55-57-59-66(69)75-64(63-74-76(70,71)73-61-60-67(3,4)5)62-72-65(68)58-56-54-52-50-48-46-44-42-40-38-36-34-31-29-27-25-23-21-19-17-15-13-11-9-7-2/h8-11,14-17,20-23,26-29,32-33,37,39,43,45,64H,6-7,12-13,18-19,24-25,30-31,34-36,38,40-42,44,46-63H2,1-5H3/p+1/b10-8-,11-9-,16-14-,17-15-,22-20-,23-21-,28-26-,29-27-,33-32-,39-37-,45-43-. The molecule has 0 aliphatic rings. The predicted octanol–water partition coefficient (Wildman–Crippen LogP) is 18.9. The Labute approximate surface area is 466 Å². The highest BCUT2D eigenvalue weighted by Crippen LogP contribution is 2.43. The molecular weight excluding hydrogens is 966 g/mol. The van der Waals surface area contributed by atoms with E-state index < -0.39 is 26.5 Å². The minimum atomic E-state index is -4.40. The quantitative estimate of drug-likeness (QED) is 0.0211. The summed E-state index contributed by atoms with van der Waals surface area (Å²) in [6.07, 6.45) is 80.9. The van der Waals surface area contributed by atoms with Gasteiger partial charge in [0.05, 0.1) is 27.7 Å². The van der Waals surface area contributed by atoms with Crippen LogP contribution in [0, 0.1) is 0 Å².